The van der Waals surface area contributed by atoms with Crippen molar-refractivity contribution in [2.45, 2.75) is 31.3 Å². The maximum atomic E-state index is 12.4. The highest BCUT2D eigenvalue weighted by molar-refractivity contribution is 7.98. The molecule has 0 aliphatic rings. The third-order valence-corrected chi connectivity index (χ3v) is 3.64. The van der Waals surface area contributed by atoms with E-state index in [1.807, 2.05) is 75.6 Å². The Bertz CT molecular complexity index is 607. The van der Waals surface area contributed by atoms with Crippen LogP contribution in [0.15, 0.2) is 53.4 Å². The fourth-order valence-electron chi connectivity index (χ4n) is 1.94. The zero-order valence-corrected chi connectivity index (χ0v) is 13.7. The summed E-state index contributed by atoms with van der Waals surface area (Å²) < 4.78 is 5.76. The van der Waals surface area contributed by atoms with E-state index in [4.69, 9.17) is 4.74 Å². The zero-order chi connectivity index (χ0) is 15.5. The van der Waals surface area contributed by atoms with Gasteiger partial charge < -0.3 is 4.74 Å². The Balaban J connectivity index is 2.15. The number of ketones is 1. The van der Waals surface area contributed by atoms with Crippen molar-refractivity contribution in [1.82, 2.24) is 0 Å². The second kappa shape index (κ2) is 6.35. The van der Waals surface area contributed by atoms with Gasteiger partial charge in [0.2, 0.25) is 0 Å². The van der Waals surface area contributed by atoms with E-state index in [-0.39, 0.29) is 11.4 Å². The summed E-state index contributed by atoms with van der Waals surface area (Å²) in [5.41, 5.74) is 1.14. The third-order valence-electron chi connectivity index (χ3n) is 2.89. The molecule has 2 aromatic rings. The molecule has 0 aromatic heterocycles. The lowest BCUT2D eigenvalue weighted by molar-refractivity contribution is 0.103. The van der Waals surface area contributed by atoms with E-state index in [0.29, 0.717) is 11.1 Å². The first-order valence-electron chi connectivity index (χ1n) is 6.87. The maximum absolute atomic E-state index is 12.4. The molecular formula is C18H20O2S. The van der Waals surface area contributed by atoms with Gasteiger partial charge in [-0.2, -0.15) is 0 Å². The van der Waals surface area contributed by atoms with E-state index in [2.05, 4.69) is 0 Å². The van der Waals surface area contributed by atoms with Gasteiger partial charge >= 0.3 is 0 Å². The van der Waals surface area contributed by atoms with Crippen molar-refractivity contribution in [3.05, 3.63) is 59.7 Å². The predicted molar refractivity (Wildman–Crippen MR) is 88.5 cm³/mol. The molecule has 2 aromatic carbocycles. The van der Waals surface area contributed by atoms with Gasteiger partial charge in [0.15, 0.2) is 5.78 Å². The Labute approximate surface area is 130 Å². The molecule has 2 rings (SSSR count). The molecule has 0 N–H and O–H groups in total. The van der Waals surface area contributed by atoms with E-state index in [1.165, 1.54) is 0 Å². The molecule has 0 aliphatic heterocycles. The largest absolute Gasteiger partial charge is 0.488 e. The summed E-state index contributed by atoms with van der Waals surface area (Å²) in [6.45, 7) is 6.00. The van der Waals surface area contributed by atoms with Gasteiger partial charge in [-0.25, -0.2) is 0 Å². The van der Waals surface area contributed by atoms with E-state index in [1.54, 1.807) is 11.8 Å². The molecule has 21 heavy (non-hydrogen) atoms. The van der Waals surface area contributed by atoms with Crippen LogP contribution in [0.25, 0.3) is 0 Å². The number of rotatable bonds is 4. The van der Waals surface area contributed by atoms with Crippen LogP contribution in [0, 0.1) is 0 Å². The molecule has 0 spiro atoms. The molecule has 0 radical (unpaired) electrons. The van der Waals surface area contributed by atoms with Crippen molar-refractivity contribution >= 4 is 17.5 Å². The predicted octanol–water partition coefficient (Wildman–Crippen LogP) is 4.82. The number of ether oxygens (including phenoxy) is 1. The Morgan fingerprint density at radius 1 is 0.905 bits per heavy atom. The minimum atomic E-state index is -0.237. The molecule has 0 heterocycles. The van der Waals surface area contributed by atoms with Crippen LogP contribution in [0.2, 0.25) is 0 Å². The Hall–Kier alpha value is -1.74. The van der Waals surface area contributed by atoms with E-state index in [0.717, 1.165) is 10.6 Å². The average molecular weight is 300 g/mol. The van der Waals surface area contributed by atoms with E-state index < -0.39 is 0 Å². The number of carbonyl (C=O) groups excluding carboxylic acids is 1. The molecule has 2 nitrogen and oxygen atoms in total. The molecule has 0 aliphatic carbocycles. The number of carbonyl (C=O) groups is 1. The fourth-order valence-corrected chi connectivity index (χ4v) is 2.35. The highest BCUT2D eigenvalue weighted by Gasteiger charge is 2.13. The maximum Gasteiger partial charge on any atom is 0.193 e. The second-order valence-corrected chi connectivity index (χ2v) is 6.68. The summed E-state index contributed by atoms with van der Waals surface area (Å²) in [6, 6.07) is 15.0. The van der Waals surface area contributed by atoms with Crippen molar-refractivity contribution in [3.63, 3.8) is 0 Å². The number of hydrogen-bond acceptors (Lipinski definition) is 3. The van der Waals surface area contributed by atoms with E-state index in [9.17, 15) is 4.79 Å². The second-order valence-electron chi connectivity index (χ2n) is 5.80. The highest BCUT2D eigenvalue weighted by atomic mass is 32.2. The number of thioether (sulfide) groups is 1. The lowest BCUT2D eigenvalue weighted by atomic mass is 10.0. The molecule has 0 fully saturated rings. The number of hydrogen-bond donors (Lipinski definition) is 0. The zero-order valence-electron chi connectivity index (χ0n) is 12.8. The molecular weight excluding hydrogens is 280 g/mol. The molecule has 0 bridgehead atoms. The van der Waals surface area contributed by atoms with Crippen molar-refractivity contribution in [2.24, 2.45) is 0 Å². The van der Waals surface area contributed by atoms with Crippen LogP contribution in [-0.4, -0.2) is 17.6 Å². The summed E-state index contributed by atoms with van der Waals surface area (Å²) in [5, 5.41) is 0. The first-order chi connectivity index (χ1) is 9.89. The normalized spacial score (nSPS) is 11.2. The summed E-state index contributed by atoms with van der Waals surface area (Å²) in [4.78, 5) is 13.5. The van der Waals surface area contributed by atoms with Crippen molar-refractivity contribution < 1.29 is 9.53 Å². The Morgan fingerprint density at radius 3 is 1.81 bits per heavy atom. The third kappa shape index (κ3) is 4.36. The molecule has 0 amide bonds. The standard InChI is InChI=1S/C18H20O2S/c1-18(2,3)20-15-9-5-13(6-10-15)17(19)14-7-11-16(21-4)12-8-14/h5-12H,1-4H3. The van der Waals surface area contributed by atoms with Gasteiger partial charge in [-0.15, -0.1) is 11.8 Å². The van der Waals surface area contributed by atoms with Crippen LogP contribution in [-0.2, 0) is 0 Å². The Morgan fingerprint density at radius 2 is 1.38 bits per heavy atom. The molecule has 0 unspecified atom stereocenters. The molecule has 0 saturated carbocycles. The van der Waals surface area contributed by atoms with Crippen LogP contribution in [0.3, 0.4) is 0 Å². The lowest BCUT2D eigenvalue weighted by Crippen LogP contribution is -2.22. The van der Waals surface area contributed by atoms with Gasteiger partial charge in [0.1, 0.15) is 11.4 Å². The van der Waals surface area contributed by atoms with Crippen molar-refractivity contribution in [1.29, 1.82) is 0 Å². The van der Waals surface area contributed by atoms with Gasteiger partial charge in [-0.1, -0.05) is 0 Å². The fraction of sp³-hybridized carbons (Fsp3) is 0.278. The monoisotopic (exact) mass is 300 g/mol. The lowest BCUT2D eigenvalue weighted by Gasteiger charge is -2.21. The molecule has 3 heteroatoms. The highest BCUT2D eigenvalue weighted by Crippen LogP contribution is 2.21. The van der Waals surface area contributed by atoms with Gasteiger partial charge in [-0.3, -0.25) is 4.79 Å². The van der Waals surface area contributed by atoms with Crippen LogP contribution in [0.4, 0.5) is 0 Å². The van der Waals surface area contributed by atoms with Gasteiger partial charge in [0.05, 0.1) is 0 Å². The topological polar surface area (TPSA) is 26.3 Å². The number of benzene rings is 2. The summed E-state index contributed by atoms with van der Waals surface area (Å²) >= 11 is 1.66. The van der Waals surface area contributed by atoms with E-state index >= 15 is 0 Å². The van der Waals surface area contributed by atoms with Crippen LogP contribution in [0.1, 0.15) is 36.7 Å². The van der Waals surface area contributed by atoms with Gasteiger partial charge in [0, 0.05) is 16.0 Å². The minimum Gasteiger partial charge on any atom is -0.488 e. The van der Waals surface area contributed by atoms with Crippen molar-refractivity contribution in [3.8, 4) is 5.75 Å². The Kier molecular flexibility index (Phi) is 4.73. The molecule has 0 atom stereocenters. The quantitative estimate of drug-likeness (QED) is 0.598. The smallest absolute Gasteiger partial charge is 0.193 e. The van der Waals surface area contributed by atoms with Gasteiger partial charge in [-0.05, 0) is 75.6 Å². The van der Waals surface area contributed by atoms with Crippen LogP contribution in [0.5, 0.6) is 5.75 Å². The summed E-state index contributed by atoms with van der Waals surface area (Å²) in [6.07, 6.45) is 2.02. The van der Waals surface area contributed by atoms with Gasteiger partial charge in [0.25, 0.3) is 0 Å². The van der Waals surface area contributed by atoms with Crippen molar-refractivity contribution in [2.75, 3.05) is 6.26 Å². The molecule has 110 valence electrons. The first kappa shape index (κ1) is 15.6. The average Bonchev–Trinajstić information content (AvgIpc) is 2.46. The minimum absolute atomic E-state index is 0.0324. The summed E-state index contributed by atoms with van der Waals surface area (Å²) in [5.74, 6) is 0.807. The molecule has 0 saturated heterocycles. The van der Waals surface area contributed by atoms with Crippen LogP contribution >= 0.6 is 11.8 Å². The SMILES string of the molecule is CSc1ccc(C(=O)c2ccc(OC(C)(C)C)cc2)cc1. The first-order valence-corrected chi connectivity index (χ1v) is 8.09. The van der Waals surface area contributed by atoms with Crippen LogP contribution < -0.4 is 4.74 Å². The summed E-state index contributed by atoms with van der Waals surface area (Å²) in [7, 11) is 0.